The minimum atomic E-state index is -0.290. The molecule has 0 saturated carbocycles. The summed E-state index contributed by atoms with van der Waals surface area (Å²) in [6, 6.07) is 7.42. The Hall–Kier alpha value is -1.57. The fourth-order valence-corrected chi connectivity index (χ4v) is 1.31. The maximum atomic E-state index is 11.2. The SMILES string of the molecule is C=C1Cc2ccccc2C(=O)O1.CC. The van der Waals surface area contributed by atoms with E-state index in [1.165, 1.54) is 0 Å². The van der Waals surface area contributed by atoms with Gasteiger partial charge in [0.15, 0.2) is 0 Å². The van der Waals surface area contributed by atoms with Crippen LogP contribution < -0.4 is 0 Å². The Morgan fingerprint density at radius 2 is 1.93 bits per heavy atom. The number of cyclic esters (lactones) is 1. The number of benzene rings is 1. The molecule has 1 heterocycles. The molecule has 0 amide bonds. The van der Waals surface area contributed by atoms with Gasteiger partial charge in [-0.1, -0.05) is 38.6 Å². The minimum Gasteiger partial charge on any atom is -0.428 e. The third-order valence-corrected chi connectivity index (χ3v) is 1.86. The Kier molecular flexibility index (Phi) is 3.46. The van der Waals surface area contributed by atoms with E-state index in [9.17, 15) is 4.79 Å². The molecule has 2 heteroatoms. The van der Waals surface area contributed by atoms with E-state index >= 15 is 0 Å². The lowest BCUT2D eigenvalue weighted by Gasteiger charge is -2.16. The first-order valence-corrected chi connectivity index (χ1v) is 4.75. The van der Waals surface area contributed by atoms with Gasteiger partial charge in [0.2, 0.25) is 0 Å². The molecule has 0 aliphatic carbocycles. The third kappa shape index (κ3) is 2.02. The van der Waals surface area contributed by atoms with Gasteiger partial charge in [0.05, 0.1) is 5.56 Å². The van der Waals surface area contributed by atoms with Crippen LogP contribution in [0, 0.1) is 0 Å². The Balaban J connectivity index is 0.000000461. The number of rotatable bonds is 0. The molecule has 1 aromatic rings. The zero-order valence-electron chi connectivity index (χ0n) is 8.54. The first kappa shape index (κ1) is 10.5. The Morgan fingerprint density at radius 3 is 2.64 bits per heavy atom. The van der Waals surface area contributed by atoms with Crippen LogP contribution in [0.1, 0.15) is 29.8 Å². The van der Waals surface area contributed by atoms with Crippen molar-refractivity contribution in [3.63, 3.8) is 0 Å². The van der Waals surface area contributed by atoms with Crippen molar-refractivity contribution in [3.8, 4) is 0 Å². The summed E-state index contributed by atoms with van der Waals surface area (Å²) in [5.74, 6) is 0.237. The van der Waals surface area contributed by atoms with Crippen LogP contribution in [0.3, 0.4) is 0 Å². The highest BCUT2D eigenvalue weighted by molar-refractivity contribution is 5.93. The molecule has 0 N–H and O–H groups in total. The Labute approximate surface area is 84.2 Å². The monoisotopic (exact) mass is 190 g/mol. The van der Waals surface area contributed by atoms with E-state index in [1.807, 2.05) is 32.0 Å². The van der Waals surface area contributed by atoms with Gasteiger partial charge in [0.25, 0.3) is 0 Å². The third-order valence-electron chi connectivity index (χ3n) is 1.86. The fourth-order valence-electron chi connectivity index (χ4n) is 1.31. The second kappa shape index (κ2) is 4.61. The molecule has 0 aromatic heterocycles. The smallest absolute Gasteiger partial charge is 0.343 e. The predicted molar refractivity (Wildman–Crippen MR) is 56.0 cm³/mol. The molecule has 0 bridgehead atoms. The Morgan fingerprint density at radius 1 is 1.29 bits per heavy atom. The van der Waals surface area contributed by atoms with Crippen molar-refractivity contribution in [2.24, 2.45) is 0 Å². The van der Waals surface area contributed by atoms with Gasteiger partial charge in [-0.2, -0.15) is 0 Å². The van der Waals surface area contributed by atoms with Crippen molar-refractivity contribution in [1.29, 1.82) is 0 Å². The summed E-state index contributed by atoms with van der Waals surface area (Å²) in [5, 5.41) is 0. The maximum Gasteiger partial charge on any atom is 0.343 e. The van der Waals surface area contributed by atoms with Gasteiger partial charge in [-0.25, -0.2) is 4.79 Å². The Bertz CT molecular complexity index is 353. The molecule has 1 aliphatic rings. The van der Waals surface area contributed by atoms with Crippen molar-refractivity contribution in [2.45, 2.75) is 20.3 Å². The molecular weight excluding hydrogens is 176 g/mol. The van der Waals surface area contributed by atoms with Gasteiger partial charge < -0.3 is 4.74 Å². The molecule has 1 aliphatic heterocycles. The molecule has 2 nitrogen and oxygen atoms in total. The standard InChI is InChI=1S/C10H8O2.C2H6/c1-7-6-8-4-2-3-5-9(8)10(11)12-7;1-2/h2-5H,1,6H2;1-2H3. The van der Waals surface area contributed by atoms with E-state index < -0.39 is 0 Å². The average Bonchev–Trinajstić information content (AvgIpc) is 2.20. The van der Waals surface area contributed by atoms with Crippen LogP contribution in [-0.4, -0.2) is 5.97 Å². The fraction of sp³-hybridized carbons (Fsp3) is 0.250. The van der Waals surface area contributed by atoms with Crippen LogP contribution in [0.25, 0.3) is 0 Å². The number of fused-ring (bicyclic) bond motifs is 1. The zero-order chi connectivity index (χ0) is 10.6. The molecule has 0 unspecified atom stereocenters. The highest BCUT2D eigenvalue weighted by Crippen LogP contribution is 2.20. The van der Waals surface area contributed by atoms with Crippen LogP contribution in [0.2, 0.25) is 0 Å². The van der Waals surface area contributed by atoms with Crippen molar-refractivity contribution in [2.75, 3.05) is 0 Å². The maximum absolute atomic E-state index is 11.2. The molecule has 0 fully saturated rings. The average molecular weight is 190 g/mol. The number of hydrogen-bond acceptors (Lipinski definition) is 2. The van der Waals surface area contributed by atoms with Gasteiger partial charge in [0.1, 0.15) is 5.76 Å². The van der Waals surface area contributed by atoms with Gasteiger partial charge in [-0.05, 0) is 11.6 Å². The lowest BCUT2D eigenvalue weighted by atomic mass is 10.0. The first-order valence-electron chi connectivity index (χ1n) is 4.75. The number of ether oxygens (including phenoxy) is 1. The second-order valence-corrected chi connectivity index (χ2v) is 2.76. The lowest BCUT2D eigenvalue weighted by molar-refractivity contribution is 0.0601. The predicted octanol–water partition coefficient (Wildman–Crippen LogP) is 2.94. The summed E-state index contributed by atoms with van der Waals surface area (Å²) in [4.78, 5) is 11.2. The summed E-state index contributed by atoms with van der Waals surface area (Å²) >= 11 is 0. The van der Waals surface area contributed by atoms with E-state index in [0.29, 0.717) is 17.7 Å². The minimum absolute atomic E-state index is 0.290. The molecule has 2 rings (SSSR count). The molecule has 0 atom stereocenters. The molecular formula is C12H14O2. The molecule has 14 heavy (non-hydrogen) atoms. The molecule has 0 saturated heterocycles. The largest absolute Gasteiger partial charge is 0.428 e. The van der Waals surface area contributed by atoms with E-state index in [1.54, 1.807) is 6.07 Å². The summed E-state index contributed by atoms with van der Waals surface area (Å²) < 4.78 is 4.88. The lowest BCUT2D eigenvalue weighted by Crippen LogP contribution is -2.15. The summed E-state index contributed by atoms with van der Waals surface area (Å²) in [5.41, 5.74) is 1.66. The van der Waals surface area contributed by atoms with E-state index in [2.05, 4.69) is 6.58 Å². The van der Waals surface area contributed by atoms with Crippen LogP contribution in [0.4, 0.5) is 0 Å². The van der Waals surface area contributed by atoms with Crippen molar-refractivity contribution in [1.82, 2.24) is 0 Å². The number of carbonyl (C=O) groups is 1. The summed E-state index contributed by atoms with van der Waals surface area (Å²) in [6.45, 7) is 7.62. The number of carbonyl (C=O) groups excluding carboxylic acids is 1. The molecule has 0 spiro atoms. The normalized spacial score (nSPS) is 13.6. The highest BCUT2D eigenvalue weighted by atomic mass is 16.5. The zero-order valence-corrected chi connectivity index (χ0v) is 8.54. The van der Waals surface area contributed by atoms with Crippen molar-refractivity contribution in [3.05, 3.63) is 47.7 Å². The van der Waals surface area contributed by atoms with E-state index in [4.69, 9.17) is 4.74 Å². The number of hydrogen-bond donors (Lipinski definition) is 0. The van der Waals surface area contributed by atoms with Gasteiger partial charge in [0, 0.05) is 6.42 Å². The van der Waals surface area contributed by atoms with Gasteiger partial charge >= 0.3 is 5.97 Å². The topological polar surface area (TPSA) is 26.3 Å². The van der Waals surface area contributed by atoms with E-state index in [0.717, 1.165) is 5.56 Å². The summed E-state index contributed by atoms with van der Waals surface area (Å²) in [7, 11) is 0. The molecule has 0 radical (unpaired) electrons. The molecule has 1 aromatic carbocycles. The molecule has 74 valence electrons. The van der Waals surface area contributed by atoms with Crippen molar-refractivity contribution >= 4 is 5.97 Å². The van der Waals surface area contributed by atoms with Gasteiger partial charge in [-0.3, -0.25) is 0 Å². The number of allylic oxidation sites excluding steroid dienone is 1. The van der Waals surface area contributed by atoms with Crippen molar-refractivity contribution < 1.29 is 9.53 Å². The number of esters is 1. The van der Waals surface area contributed by atoms with E-state index in [-0.39, 0.29) is 5.97 Å². The first-order chi connectivity index (χ1) is 6.77. The van der Waals surface area contributed by atoms with Gasteiger partial charge in [-0.15, -0.1) is 0 Å². The quantitative estimate of drug-likeness (QED) is 0.588. The van der Waals surface area contributed by atoms with Crippen LogP contribution in [-0.2, 0) is 11.2 Å². The van der Waals surface area contributed by atoms with Crippen LogP contribution in [0.5, 0.6) is 0 Å². The van der Waals surface area contributed by atoms with Crippen LogP contribution in [0.15, 0.2) is 36.6 Å². The van der Waals surface area contributed by atoms with Crippen LogP contribution >= 0.6 is 0 Å². The highest BCUT2D eigenvalue weighted by Gasteiger charge is 2.19. The second-order valence-electron chi connectivity index (χ2n) is 2.76. The summed E-state index contributed by atoms with van der Waals surface area (Å²) in [6.07, 6.45) is 0.641.